The van der Waals surface area contributed by atoms with Gasteiger partial charge in [0.1, 0.15) is 13.2 Å². The van der Waals surface area contributed by atoms with Gasteiger partial charge in [-0.1, -0.05) is 18.2 Å². The van der Waals surface area contributed by atoms with E-state index in [1.54, 1.807) is 11.9 Å². The van der Waals surface area contributed by atoms with Crippen LogP contribution in [0, 0.1) is 0 Å². The normalized spacial score (nSPS) is 18.8. The molecule has 0 saturated carbocycles. The zero-order valence-electron chi connectivity index (χ0n) is 17.3. The third-order valence-electron chi connectivity index (χ3n) is 5.74. The second-order valence-corrected chi connectivity index (χ2v) is 9.04. The van der Waals surface area contributed by atoms with Gasteiger partial charge < -0.3 is 14.8 Å². The molecule has 0 radical (unpaired) electrons. The fraction of sp³-hybridized carbons (Fsp3) is 0.375. The highest BCUT2D eigenvalue weighted by atomic mass is 32.2. The smallest absolute Gasteiger partial charge is 0.162 e. The van der Waals surface area contributed by atoms with Crippen molar-refractivity contribution in [2.24, 2.45) is 0 Å². The molecule has 0 spiro atoms. The summed E-state index contributed by atoms with van der Waals surface area (Å²) in [6.07, 6.45) is 11.2. The Labute approximate surface area is 182 Å². The minimum atomic E-state index is 0.302. The molecule has 1 N–H and O–H groups in total. The van der Waals surface area contributed by atoms with Gasteiger partial charge in [-0.3, -0.25) is 4.98 Å². The third-order valence-corrected chi connectivity index (χ3v) is 6.72. The van der Waals surface area contributed by atoms with Gasteiger partial charge in [0.05, 0.1) is 0 Å². The van der Waals surface area contributed by atoms with Gasteiger partial charge in [-0.05, 0) is 72.8 Å². The molecule has 5 rings (SSSR count). The molecule has 156 valence electrons. The number of likely N-dealkylation sites (N-methyl/N-ethyl adjacent to an activating group) is 1. The van der Waals surface area contributed by atoms with Gasteiger partial charge >= 0.3 is 0 Å². The maximum Gasteiger partial charge on any atom is 0.162 e. The van der Waals surface area contributed by atoms with Crippen LogP contribution in [0.1, 0.15) is 35.6 Å². The van der Waals surface area contributed by atoms with E-state index < -0.39 is 0 Å². The van der Waals surface area contributed by atoms with E-state index in [0.29, 0.717) is 19.1 Å². The van der Waals surface area contributed by atoms with E-state index in [0.717, 1.165) is 49.7 Å². The summed E-state index contributed by atoms with van der Waals surface area (Å²) in [7, 11) is 2.01. The number of pyridine rings is 1. The highest BCUT2D eigenvalue weighted by Crippen LogP contribution is 2.38. The molecule has 0 bridgehead atoms. The fourth-order valence-electron chi connectivity index (χ4n) is 4.24. The fourth-order valence-corrected chi connectivity index (χ4v) is 5.24. The minimum Gasteiger partial charge on any atom is -0.486 e. The predicted octanol–water partition coefficient (Wildman–Crippen LogP) is 4.46. The number of hydrogen-bond donors (Lipinski definition) is 1. The summed E-state index contributed by atoms with van der Waals surface area (Å²) in [5, 5.41) is 3.35. The number of allylic oxidation sites excluding steroid dienone is 3. The number of rotatable bonds is 6. The van der Waals surface area contributed by atoms with E-state index in [2.05, 4.69) is 52.2 Å². The van der Waals surface area contributed by atoms with Crippen molar-refractivity contribution in [1.82, 2.24) is 14.6 Å². The van der Waals surface area contributed by atoms with Crippen LogP contribution in [0.3, 0.4) is 0 Å². The summed E-state index contributed by atoms with van der Waals surface area (Å²) in [4.78, 5) is 6.03. The monoisotopic (exact) mass is 421 g/mol. The molecule has 0 amide bonds. The zero-order chi connectivity index (χ0) is 20.3. The summed E-state index contributed by atoms with van der Waals surface area (Å²) in [5.74, 6) is 1.98. The van der Waals surface area contributed by atoms with Crippen molar-refractivity contribution in [3.05, 3.63) is 71.1 Å². The molecule has 5 nitrogen and oxygen atoms in total. The van der Waals surface area contributed by atoms with Crippen LogP contribution in [0.15, 0.2) is 59.2 Å². The molecule has 3 aliphatic rings. The Bertz CT molecular complexity index is 988. The summed E-state index contributed by atoms with van der Waals surface area (Å²) in [5.41, 5.74) is 5.24. The lowest BCUT2D eigenvalue weighted by Crippen LogP contribution is -2.20. The van der Waals surface area contributed by atoms with Gasteiger partial charge in [-0.25, -0.2) is 4.31 Å². The van der Waals surface area contributed by atoms with Crippen LogP contribution < -0.4 is 14.8 Å². The van der Waals surface area contributed by atoms with E-state index in [1.165, 1.54) is 21.6 Å². The zero-order valence-corrected chi connectivity index (χ0v) is 18.1. The molecule has 2 aromatic rings. The second-order valence-electron chi connectivity index (χ2n) is 7.87. The molecule has 1 unspecified atom stereocenters. The SMILES string of the molecule is CNCC(C1=CCCC=C1)c1cc2c(cn1)CN(Sc1ccc3c(c1)OCCO3)C2. The molecular weight excluding hydrogens is 394 g/mol. The van der Waals surface area contributed by atoms with Crippen LogP contribution in [-0.4, -0.2) is 36.1 Å². The van der Waals surface area contributed by atoms with Crippen LogP contribution in [0.5, 0.6) is 11.5 Å². The highest BCUT2D eigenvalue weighted by molar-refractivity contribution is 7.97. The van der Waals surface area contributed by atoms with E-state index in [9.17, 15) is 0 Å². The molecule has 3 heterocycles. The van der Waals surface area contributed by atoms with Gasteiger partial charge in [0.15, 0.2) is 11.5 Å². The molecule has 1 aromatic heterocycles. The molecular formula is C24H27N3O2S. The summed E-state index contributed by atoms with van der Waals surface area (Å²) >= 11 is 1.77. The number of ether oxygens (including phenoxy) is 2. The van der Waals surface area contributed by atoms with E-state index in [4.69, 9.17) is 14.5 Å². The Balaban J connectivity index is 1.31. The number of nitrogens with zero attached hydrogens (tertiary/aromatic N) is 2. The summed E-state index contributed by atoms with van der Waals surface area (Å²) < 4.78 is 13.7. The number of hydrogen-bond acceptors (Lipinski definition) is 6. The van der Waals surface area contributed by atoms with E-state index >= 15 is 0 Å². The average molecular weight is 422 g/mol. The Hall–Kier alpha value is -2.28. The molecule has 1 aliphatic carbocycles. The minimum absolute atomic E-state index is 0.302. The predicted molar refractivity (Wildman–Crippen MR) is 120 cm³/mol. The first-order chi connectivity index (χ1) is 14.8. The second kappa shape index (κ2) is 8.84. The van der Waals surface area contributed by atoms with E-state index in [1.807, 2.05) is 13.1 Å². The lowest BCUT2D eigenvalue weighted by Gasteiger charge is -2.20. The first-order valence-electron chi connectivity index (χ1n) is 10.6. The molecule has 1 aromatic carbocycles. The average Bonchev–Trinajstić information content (AvgIpc) is 3.19. The molecule has 1 atom stereocenters. The maximum atomic E-state index is 5.73. The van der Waals surface area contributed by atoms with E-state index in [-0.39, 0.29) is 0 Å². The van der Waals surface area contributed by atoms with Crippen LogP contribution in [0.2, 0.25) is 0 Å². The molecule has 0 saturated heterocycles. The Morgan fingerprint density at radius 2 is 1.97 bits per heavy atom. The van der Waals surface area contributed by atoms with Crippen molar-refractivity contribution in [3.8, 4) is 11.5 Å². The lowest BCUT2D eigenvalue weighted by molar-refractivity contribution is 0.171. The van der Waals surface area contributed by atoms with Crippen molar-refractivity contribution in [2.75, 3.05) is 26.8 Å². The Morgan fingerprint density at radius 3 is 2.80 bits per heavy atom. The first kappa shape index (κ1) is 19.7. The largest absolute Gasteiger partial charge is 0.486 e. The van der Waals surface area contributed by atoms with Crippen molar-refractivity contribution in [2.45, 2.75) is 36.7 Å². The van der Waals surface area contributed by atoms with Crippen LogP contribution in [0.25, 0.3) is 0 Å². The van der Waals surface area contributed by atoms with Gasteiger partial charge in [0.25, 0.3) is 0 Å². The van der Waals surface area contributed by atoms with Crippen LogP contribution in [0.4, 0.5) is 0 Å². The van der Waals surface area contributed by atoms with Gasteiger partial charge in [0.2, 0.25) is 0 Å². The third kappa shape index (κ3) is 4.13. The van der Waals surface area contributed by atoms with Gasteiger partial charge in [-0.15, -0.1) is 0 Å². The van der Waals surface area contributed by atoms with Crippen molar-refractivity contribution in [3.63, 3.8) is 0 Å². The topological polar surface area (TPSA) is 46.6 Å². The molecule has 6 heteroatoms. The van der Waals surface area contributed by atoms with Gasteiger partial charge in [-0.2, -0.15) is 0 Å². The summed E-state index contributed by atoms with van der Waals surface area (Å²) in [6.45, 7) is 3.96. The summed E-state index contributed by atoms with van der Waals surface area (Å²) in [6, 6.07) is 8.50. The van der Waals surface area contributed by atoms with Crippen LogP contribution >= 0.6 is 11.9 Å². The van der Waals surface area contributed by atoms with Crippen molar-refractivity contribution < 1.29 is 9.47 Å². The van der Waals surface area contributed by atoms with Crippen molar-refractivity contribution in [1.29, 1.82) is 0 Å². The molecule has 0 fully saturated rings. The molecule has 30 heavy (non-hydrogen) atoms. The standard InChI is InChI=1S/C24H27N3O2S/c1-25-14-21(17-5-3-2-4-6-17)22-11-18-15-27(16-19(18)13-26-22)30-20-7-8-23-24(12-20)29-10-9-28-23/h3,5-8,11-13,21,25H,2,4,9-10,14-16H2,1H3. The maximum absolute atomic E-state index is 5.73. The Kier molecular flexibility index (Phi) is 5.79. The molecule has 2 aliphatic heterocycles. The van der Waals surface area contributed by atoms with Crippen LogP contribution in [-0.2, 0) is 13.1 Å². The van der Waals surface area contributed by atoms with Gasteiger partial charge in [0, 0.05) is 42.3 Å². The lowest BCUT2D eigenvalue weighted by atomic mass is 9.90. The number of fused-ring (bicyclic) bond motifs is 2. The van der Waals surface area contributed by atoms with Crippen molar-refractivity contribution >= 4 is 11.9 Å². The number of benzene rings is 1. The number of aromatic nitrogens is 1. The Morgan fingerprint density at radius 1 is 1.10 bits per heavy atom. The quantitative estimate of drug-likeness (QED) is 0.695. The first-order valence-corrected chi connectivity index (χ1v) is 11.4. The number of nitrogens with one attached hydrogen (secondary N) is 1. The highest BCUT2D eigenvalue weighted by Gasteiger charge is 2.24.